The molecule has 1 heterocycles. The molecule has 6 heteroatoms. The summed E-state index contributed by atoms with van der Waals surface area (Å²) in [5, 5.41) is 4.19. The summed E-state index contributed by atoms with van der Waals surface area (Å²) in [4.78, 5) is 26.2. The number of methoxy groups -OCH3 is 1. The molecule has 3 rings (SSSR count). The number of fused-ring (bicyclic) bond motifs is 1. The van der Waals surface area contributed by atoms with Gasteiger partial charge in [0.2, 0.25) is 0 Å². The number of amides is 1. The van der Waals surface area contributed by atoms with Crippen LogP contribution in [0.25, 0.3) is 10.9 Å². The lowest BCUT2D eigenvalue weighted by atomic mass is 10.0. The van der Waals surface area contributed by atoms with E-state index in [0.29, 0.717) is 17.7 Å². The van der Waals surface area contributed by atoms with Gasteiger partial charge in [-0.15, -0.1) is 0 Å². The maximum Gasteiger partial charge on any atom is 0.337 e. The van der Waals surface area contributed by atoms with E-state index in [1.165, 1.54) is 18.1 Å². The van der Waals surface area contributed by atoms with Gasteiger partial charge in [0.05, 0.1) is 18.7 Å². The molecule has 6 nitrogen and oxygen atoms in total. The van der Waals surface area contributed by atoms with Gasteiger partial charge in [0.25, 0.3) is 5.91 Å². The molecule has 0 saturated carbocycles. The molecule has 0 bridgehead atoms. The minimum atomic E-state index is -0.421. The maximum absolute atomic E-state index is 12.6. The second kappa shape index (κ2) is 8.27. The molecular formula is C22H25N3O3. The van der Waals surface area contributed by atoms with Crippen molar-refractivity contribution in [2.45, 2.75) is 6.04 Å². The Hall–Kier alpha value is -3.12. The third-order valence-corrected chi connectivity index (χ3v) is 4.93. The summed E-state index contributed by atoms with van der Waals surface area (Å²) in [5.41, 5.74) is 3.25. The molecule has 1 unspecified atom stereocenters. The third-order valence-electron chi connectivity index (χ3n) is 4.93. The topological polar surface area (TPSA) is 63.6 Å². The van der Waals surface area contributed by atoms with Crippen LogP contribution in [-0.4, -0.2) is 49.1 Å². The molecule has 1 atom stereocenters. The van der Waals surface area contributed by atoms with Gasteiger partial charge in [-0.2, -0.15) is 0 Å². The predicted molar refractivity (Wildman–Crippen MR) is 109 cm³/mol. The summed E-state index contributed by atoms with van der Waals surface area (Å²) in [6.07, 6.45) is 2.12. The number of para-hydroxylation sites is 1. The van der Waals surface area contributed by atoms with Crippen molar-refractivity contribution in [3.63, 3.8) is 0 Å². The number of benzene rings is 2. The molecule has 1 aromatic heterocycles. The van der Waals surface area contributed by atoms with Crippen LogP contribution in [0.15, 0.2) is 54.7 Å². The van der Waals surface area contributed by atoms with Crippen molar-refractivity contribution >= 4 is 22.8 Å². The highest BCUT2D eigenvalue weighted by Crippen LogP contribution is 2.28. The highest BCUT2D eigenvalue weighted by atomic mass is 16.5. The molecule has 0 fully saturated rings. The predicted octanol–water partition coefficient (Wildman–Crippen LogP) is 3.00. The summed E-state index contributed by atoms with van der Waals surface area (Å²) in [5.74, 6) is -0.598. The van der Waals surface area contributed by atoms with Crippen LogP contribution in [0.1, 0.15) is 32.3 Å². The van der Waals surface area contributed by atoms with Crippen LogP contribution in [0.2, 0.25) is 0 Å². The Labute approximate surface area is 164 Å². The maximum atomic E-state index is 12.6. The summed E-state index contributed by atoms with van der Waals surface area (Å²) in [6.45, 7) is 0.471. The molecule has 1 amide bonds. The molecular weight excluding hydrogens is 354 g/mol. The van der Waals surface area contributed by atoms with Crippen molar-refractivity contribution in [1.29, 1.82) is 0 Å². The SMILES string of the molecule is COC(=O)c1ccc(C(=O)NCC(c2cn(C)c3ccccc23)N(C)C)cc1. The number of likely N-dealkylation sites (N-methyl/N-ethyl adjacent to an activating group) is 1. The summed E-state index contributed by atoms with van der Waals surface area (Å²) < 4.78 is 6.79. The van der Waals surface area contributed by atoms with Crippen LogP contribution in [0.3, 0.4) is 0 Å². The molecule has 1 N–H and O–H groups in total. The molecule has 146 valence electrons. The largest absolute Gasteiger partial charge is 0.465 e. The Balaban J connectivity index is 1.76. The van der Waals surface area contributed by atoms with Crippen LogP contribution in [0.5, 0.6) is 0 Å². The first-order chi connectivity index (χ1) is 13.4. The van der Waals surface area contributed by atoms with Gasteiger partial charge >= 0.3 is 5.97 Å². The van der Waals surface area contributed by atoms with Crippen LogP contribution in [0, 0.1) is 0 Å². The van der Waals surface area contributed by atoms with E-state index in [4.69, 9.17) is 0 Å². The number of carbonyl (C=O) groups excluding carboxylic acids is 2. The molecule has 0 aliphatic heterocycles. The van der Waals surface area contributed by atoms with Gasteiger partial charge in [0.1, 0.15) is 0 Å². The highest BCUT2D eigenvalue weighted by Gasteiger charge is 2.20. The molecule has 3 aromatic rings. The van der Waals surface area contributed by atoms with Crippen LogP contribution in [0.4, 0.5) is 0 Å². The zero-order chi connectivity index (χ0) is 20.3. The number of hydrogen-bond acceptors (Lipinski definition) is 4. The second-order valence-corrected chi connectivity index (χ2v) is 6.97. The van der Waals surface area contributed by atoms with Gasteiger partial charge in [-0.3, -0.25) is 4.79 Å². The van der Waals surface area contributed by atoms with Crippen LogP contribution < -0.4 is 5.32 Å². The number of aryl methyl sites for hydroxylation is 1. The summed E-state index contributed by atoms with van der Waals surface area (Å²) in [7, 11) is 7.37. The van der Waals surface area contributed by atoms with E-state index in [-0.39, 0.29) is 11.9 Å². The number of hydrogen-bond donors (Lipinski definition) is 1. The lowest BCUT2D eigenvalue weighted by molar-refractivity contribution is 0.0600. The molecule has 0 aliphatic carbocycles. The van der Waals surface area contributed by atoms with E-state index in [9.17, 15) is 9.59 Å². The summed E-state index contributed by atoms with van der Waals surface area (Å²) in [6, 6.07) is 14.7. The Morgan fingerprint density at radius 2 is 1.71 bits per heavy atom. The zero-order valence-electron chi connectivity index (χ0n) is 16.6. The van der Waals surface area contributed by atoms with Crippen molar-refractivity contribution < 1.29 is 14.3 Å². The second-order valence-electron chi connectivity index (χ2n) is 6.97. The van der Waals surface area contributed by atoms with Gasteiger partial charge in [-0.05, 0) is 50.0 Å². The lowest BCUT2D eigenvalue weighted by Crippen LogP contribution is -2.34. The van der Waals surface area contributed by atoms with Crippen LogP contribution in [-0.2, 0) is 11.8 Å². The smallest absolute Gasteiger partial charge is 0.337 e. The van der Waals surface area contributed by atoms with E-state index >= 15 is 0 Å². The summed E-state index contributed by atoms with van der Waals surface area (Å²) >= 11 is 0. The standard InChI is InChI=1S/C22H25N3O3/c1-24(2)20(18-14-25(3)19-8-6-5-7-17(18)19)13-23-21(26)15-9-11-16(12-10-15)22(27)28-4/h5-12,14,20H,13H2,1-4H3,(H,23,26). The average molecular weight is 379 g/mol. The fraction of sp³-hybridized carbons (Fsp3) is 0.273. The Bertz CT molecular complexity index is 990. The highest BCUT2D eigenvalue weighted by molar-refractivity contribution is 5.96. The molecule has 2 aromatic carbocycles. The van der Waals surface area contributed by atoms with Crippen molar-refractivity contribution in [3.05, 3.63) is 71.4 Å². The van der Waals surface area contributed by atoms with E-state index < -0.39 is 5.97 Å². The number of esters is 1. The Morgan fingerprint density at radius 1 is 1.07 bits per heavy atom. The normalized spacial score (nSPS) is 12.2. The molecule has 28 heavy (non-hydrogen) atoms. The Morgan fingerprint density at radius 3 is 2.36 bits per heavy atom. The number of ether oxygens (including phenoxy) is 1. The monoisotopic (exact) mass is 379 g/mol. The van der Waals surface area contributed by atoms with Gasteiger partial charge in [-0.1, -0.05) is 18.2 Å². The number of nitrogens with one attached hydrogen (secondary N) is 1. The van der Waals surface area contributed by atoms with E-state index in [0.717, 1.165) is 5.52 Å². The number of nitrogens with zero attached hydrogens (tertiary/aromatic N) is 2. The van der Waals surface area contributed by atoms with Crippen molar-refractivity contribution in [2.75, 3.05) is 27.7 Å². The third kappa shape index (κ3) is 3.92. The molecule has 0 saturated heterocycles. The minimum absolute atomic E-state index is 0.0318. The molecule has 0 radical (unpaired) electrons. The van der Waals surface area contributed by atoms with E-state index in [2.05, 4.69) is 37.9 Å². The first-order valence-electron chi connectivity index (χ1n) is 9.09. The first-order valence-corrected chi connectivity index (χ1v) is 9.09. The van der Waals surface area contributed by atoms with E-state index in [1.54, 1.807) is 24.3 Å². The van der Waals surface area contributed by atoms with Crippen molar-refractivity contribution in [3.8, 4) is 0 Å². The first kappa shape index (κ1) is 19.6. The number of carbonyl (C=O) groups is 2. The molecule has 0 aliphatic rings. The average Bonchev–Trinajstić information content (AvgIpc) is 3.04. The Kier molecular flexibility index (Phi) is 5.80. The van der Waals surface area contributed by atoms with Gasteiger partial charge in [0, 0.05) is 36.3 Å². The number of aromatic nitrogens is 1. The van der Waals surface area contributed by atoms with Crippen molar-refractivity contribution in [1.82, 2.24) is 14.8 Å². The zero-order valence-corrected chi connectivity index (χ0v) is 16.6. The van der Waals surface area contributed by atoms with Gasteiger partial charge in [0.15, 0.2) is 0 Å². The lowest BCUT2D eigenvalue weighted by Gasteiger charge is -2.24. The van der Waals surface area contributed by atoms with Gasteiger partial charge in [-0.25, -0.2) is 4.79 Å². The quantitative estimate of drug-likeness (QED) is 0.669. The van der Waals surface area contributed by atoms with Gasteiger partial charge < -0.3 is 19.5 Å². The fourth-order valence-electron chi connectivity index (χ4n) is 3.38. The van der Waals surface area contributed by atoms with E-state index in [1.807, 2.05) is 33.3 Å². The number of rotatable bonds is 6. The fourth-order valence-corrected chi connectivity index (χ4v) is 3.38. The van der Waals surface area contributed by atoms with Crippen molar-refractivity contribution in [2.24, 2.45) is 7.05 Å². The minimum Gasteiger partial charge on any atom is -0.465 e. The molecule has 0 spiro atoms. The van der Waals surface area contributed by atoms with Crippen LogP contribution >= 0.6 is 0 Å².